The molecule has 1 aliphatic rings. The number of anilines is 2. The molecule has 1 aromatic carbocycles. The molecule has 2 heterocycles. The van der Waals surface area contributed by atoms with Crippen LogP contribution in [0.2, 0.25) is 0 Å². The Bertz CT molecular complexity index is 889. The maximum absolute atomic E-state index is 12.4. The number of aromatic nitrogens is 1. The van der Waals surface area contributed by atoms with Gasteiger partial charge in [-0.05, 0) is 55.7 Å². The maximum atomic E-state index is 12.4. The van der Waals surface area contributed by atoms with Gasteiger partial charge in [0.2, 0.25) is 0 Å². The first-order chi connectivity index (χ1) is 11.8. The van der Waals surface area contributed by atoms with Gasteiger partial charge in [0.15, 0.2) is 9.84 Å². The average molecular weight is 359 g/mol. The van der Waals surface area contributed by atoms with Crippen molar-refractivity contribution in [2.45, 2.75) is 26.3 Å². The minimum absolute atomic E-state index is 0.0114. The standard InChI is InChI=1S/C18H21N3O3S/c1-12-7-13(2)9-16(8-12)20-17-10-14(3-5-19-17)18(22)21-15-4-6-25(23,24)11-15/h3,5,7-10,15H,4,6,11H2,1-2H3,(H,19,20)(H,21,22). The molecule has 1 aromatic heterocycles. The fraction of sp³-hybridized carbons (Fsp3) is 0.333. The number of pyridine rings is 1. The van der Waals surface area contributed by atoms with Crippen molar-refractivity contribution in [2.24, 2.45) is 0 Å². The second kappa shape index (κ2) is 6.84. The van der Waals surface area contributed by atoms with E-state index in [9.17, 15) is 13.2 Å². The number of nitrogens with one attached hydrogen (secondary N) is 2. The summed E-state index contributed by atoms with van der Waals surface area (Å²) < 4.78 is 23.0. The van der Waals surface area contributed by atoms with Gasteiger partial charge in [0, 0.05) is 23.5 Å². The van der Waals surface area contributed by atoms with Crippen LogP contribution in [0, 0.1) is 13.8 Å². The third-order valence-electron chi connectivity index (χ3n) is 4.08. The van der Waals surface area contributed by atoms with E-state index in [0.29, 0.717) is 17.8 Å². The fourth-order valence-corrected chi connectivity index (χ4v) is 4.69. The summed E-state index contributed by atoms with van der Waals surface area (Å²) >= 11 is 0. The molecule has 0 saturated carbocycles. The summed E-state index contributed by atoms with van der Waals surface area (Å²) in [6.07, 6.45) is 2.03. The summed E-state index contributed by atoms with van der Waals surface area (Å²) in [4.78, 5) is 16.6. The summed E-state index contributed by atoms with van der Waals surface area (Å²) in [7, 11) is -3.02. The number of rotatable bonds is 4. The second-order valence-electron chi connectivity index (χ2n) is 6.50. The van der Waals surface area contributed by atoms with Gasteiger partial charge < -0.3 is 10.6 Å². The van der Waals surface area contributed by atoms with Crippen molar-refractivity contribution >= 4 is 27.2 Å². The first-order valence-corrected chi connectivity index (χ1v) is 9.95. The summed E-state index contributed by atoms with van der Waals surface area (Å²) in [5.74, 6) is 0.426. The SMILES string of the molecule is Cc1cc(C)cc(Nc2cc(C(=O)NC3CCS(=O)(=O)C3)ccn2)c1. The largest absolute Gasteiger partial charge is 0.348 e. The van der Waals surface area contributed by atoms with Crippen LogP contribution >= 0.6 is 0 Å². The number of carbonyl (C=O) groups excluding carboxylic acids is 1. The Morgan fingerprint density at radius 3 is 2.52 bits per heavy atom. The molecule has 0 spiro atoms. The smallest absolute Gasteiger partial charge is 0.251 e. The van der Waals surface area contributed by atoms with Crippen LogP contribution in [-0.4, -0.2) is 36.9 Å². The summed E-state index contributed by atoms with van der Waals surface area (Å²) in [6.45, 7) is 4.04. The third-order valence-corrected chi connectivity index (χ3v) is 5.85. The Morgan fingerprint density at radius 1 is 1.16 bits per heavy atom. The molecule has 2 N–H and O–H groups in total. The molecule has 0 bridgehead atoms. The zero-order chi connectivity index (χ0) is 18.0. The fourth-order valence-electron chi connectivity index (χ4n) is 3.01. The molecule has 1 fully saturated rings. The Labute approximate surface area is 147 Å². The lowest BCUT2D eigenvalue weighted by Gasteiger charge is -2.12. The zero-order valence-electron chi connectivity index (χ0n) is 14.2. The minimum atomic E-state index is -3.02. The lowest BCUT2D eigenvalue weighted by molar-refractivity contribution is 0.0941. The molecular formula is C18H21N3O3S. The van der Waals surface area contributed by atoms with E-state index in [4.69, 9.17) is 0 Å². The van der Waals surface area contributed by atoms with Gasteiger partial charge in [-0.1, -0.05) is 6.07 Å². The molecule has 2 aromatic rings. The van der Waals surface area contributed by atoms with E-state index in [1.165, 1.54) is 0 Å². The lowest BCUT2D eigenvalue weighted by atomic mass is 10.1. The summed E-state index contributed by atoms with van der Waals surface area (Å²) in [6, 6.07) is 9.05. The van der Waals surface area contributed by atoms with Gasteiger partial charge in [0.25, 0.3) is 5.91 Å². The molecule has 1 unspecified atom stereocenters. The van der Waals surface area contributed by atoms with Crippen LogP contribution in [0.5, 0.6) is 0 Å². The van der Waals surface area contributed by atoms with Crippen LogP contribution < -0.4 is 10.6 Å². The highest BCUT2D eigenvalue weighted by Crippen LogP contribution is 2.19. The van der Waals surface area contributed by atoms with E-state index in [1.54, 1.807) is 18.3 Å². The average Bonchev–Trinajstić information content (AvgIpc) is 2.85. The van der Waals surface area contributed by atoms with Gasteiger partial charge in [-0.25, -0.2) is 13.4 Å². The normalized spacial score (nSPS) is 18.7. The van der Waals surface area contributed by atoms with E-state index in [0.717, 1.165) is 16.8 Å². The number of benzene rings is 1. The highest BCUT2D eigenvalue weighted by atomic mass is 32.2. The number of carbonyl (C=O) groups is 1. The summed E-state index contributed by atoms with van der Waals surface area (Å²) in [5.41, 5.74) is 3.63. The van der Waals surface area contributed by atoms with Crippen LogP contribution in [0.25, 0.3) is 0 Å². The molecule has 1 aliphatic heterocycles. The van der Waals surface area contributed by atoms with Gasteiger partial charge in [0.05, 0.1) is 11.5 Å². The van der Waals surface area contributed by atoms with Crippen molar-refractivity contribution in [1.29, 1.82) is 0 Å². The monoisotopic (exact) mass is 359 g/mol. The van der Waals surface area contributed by atoms with E-state index in [2.05, 4.69) is 21.7 Å². The predicted molar refractivity (Wildman–Crippen MR) is 98.0 cm³/mol. The second-order valence-corrected chi connectivity index (χ2v) is 8.73. The van der Waals surface area contributed by atoms with Gasteiger partial charge >= 0.3 is 0 Å². The van der Waals surface area contributed by atoms with Crippen LogP contribution in [0.1, 0.15) is 27.9 Å². The molecule has 0 aliphatic carbocycles. The van der Waals surface area contributed by atoms with Crippen molar-refractivity contribution < 1.29 is 13.2 Å². The highest BCUT2D eigenvalue weighted by molar-refractivity contribution is 7.91. The Morgan fingerprint density at radius 2 is 1.88 bits per heavy atom. The molecular weight excluding hydrogens is 338 g/mol. The van der Waals surface area contributed by atoms with Crippen molar-refractivity contribution in [1.82, 2.24) is 10.3 Å². The summed E-state index contributed by atoms with van der Waals surface area (Å²) in [5, 5.41) is 5.99. The number of aryl methyl sites for hydroxylation is 2. The van der Waals surface area contributed by atoms with Crippen molar-refractivity contribution in [3.8, 4) is 0 Å². The van der Waals surface area contributed by atoms with Crippen molar-refractivity contribution in [3.63, 3.8) is 0 Å². The van der Waals surface area contributed by atoms with Crippen LogP contribution in [0.4, 0.5) is 11.5 Å². The van der Waals surface area contributed by atoms with E-state index >= 15 is 0 Å². The molecule has 1 saturated heterocycles. The quantitative estimate of drug-likeness (QED) is 0.875. The van der Waals surface area contributed by atoms with Crippen molar-refractivity contribution in [2.75, 3.05) is 16.8 Å². The van der Waals surface area contributed by atoms with Gasteiger partial charge in [-0.2, -0.15) is 0 Å². The van der Waals surface area contributed by atoms with Crippen LogP contribution in [0.3, 0.4) is 0 Å². The Hall–Kier alpha value is -2.41. The number of hydrogen-bond donors (Lipinski definition) is 2. The molecule has 1 atom stereocenters. The van der Waals surface area contributed by atoms with Gasteiger partial charge in [-0.3, -0.25) is 4.79 Å². The lowest BCUT2D eigenvalue weighted by Crippen LogP contribution is -2.35. The van der Waals surface area contributed by atoms with Crippen LogP contribution in [-0.2, 0) is 9.84 Å². The molecule has 7 heteroatoms. The van der Waals surface area contributed by atoms with Gasteiger partial charge in [-0.15, -0.1) is 0 Å². The number of amides is 1. The third kappa shape index (κ3) is 4.57. The molecule has 132 valence electrons. The minimum Gasteiger partial charge on any atom is -0.348 e. The van der Waals surface area contributed by atoms with E-state index in [-0.39, 0.29) is 23.5 Å². The van der Waals surface area contributed by atoms with E-state index in [1.807, 2.05) is 26.0 Å². The number of hydrogen-bond acceptors (Lipinski definition) is 5. The Balaban J connectivity index is 1.71. The molecule has 1 amide bonds. The molecule has 25 heavy (non-hydrogen) atoms. The first-order valence-electron chi connectivity index (χ1n) is 8.13. The predicted octanol–water partition coefficient (Wildman–Crippen LogP) is 2.36. The highest BCUT2D eigenvalue weighted by Gasteiger charge is 2.29. The molecule has 6 nitrogen and oxygen atoms in total. The zero-order valence-corrected chi connectivity index (χ0v) is 15.1. The van der Waals surface area contributed by atoms with Crippen molar-refractivity contribution in [3.05, 3.63) is 53.2 Å². The van der Waals surface area contributed by atoms with E-state index < -0.39 is 9.84 Å². The molecule has 3 rings (SSSR count). The topological polar surface area (TPSA) is 88.2 Å². The Kier molecular flexibility index (Phi) is 4.76. The van der Waals surface area contributed by atoms with Crippen LogP contribution in [0.15, 0.2) is 36.5 Å². The number of nitrogens with zero attached hydrogens (tertiary/aromatic N) is 1. The number of sulfone groups is 1. The first kappa shape index (κ1) is 17.4. The maximum Gasteiger partial charge on any atom is 0.251 e. The molecule has 0 radical (unpaired) electrons. The van der Waals surface area contributed by atoms with Gasteiger partial charge in [0.1, 0.15) is 5.82 Å².